The number of rotatable bonds is 3. The largest absolute Gasteiger partial charge is 0.508 e. The van der Waals surface area contributed by atoms with Gasteiger partial charge in [-0.15, -0.1) is 0 Å². The molecular weight excluding hydrogens is 452 g/mol. The highest BCUT2D eigenvalue weighted by Gasteiger charge is 2.41. The van der Waals surface area contributed by atoms with Crippen LogP contribution < -0.4 is 11.2 Å². The van der Waals surface area contributed by atoms with E-state index in [-0.39, 0.29) is 23.4 Å². The van der Waals surface area contributed by atoms with Gasteiger partial charge < -0.3 is 14.4 Å². The Kier molecular flexibility index (Phi) is 4.95. The van der Waals surface area contributed by atoms with Crippen LogP contribution in [0, 0.1) is 10.1 Å². The van der Waals surface area contributed by atoms with Crippen molar-refractivity contribution in [1.82, 2.24) is 13.7 Å². The molecule has 35 heavy (non-hydrogen) atoms. The molecule has 0 unspecified atom stereocenters. The van der Waals surface area contributed by atoms with Crippen molar-refractivity contribution < 1.29 is 14.8 Å². The van der Waals surface area contributed by atoms with Crippen molar-refractivity contribution >= 4 is 16.6 Å². The first-order valence-electron chi connectivity index (χ1n) is 11.0. The summed E-state index contributed by atoms with van der Waals surface area (Å²) in [5, 5.41) is 21.9. The molecule has 0 bridgehead atoms. The number of benzene rings is 2. The highest BCUT2D eigenvalue weighted by Crippen LogP contribution is 2.46. The lowest BCUT2D eigenvalue weighted by molar-refractivity contribution is -0.384. The third kappa shape index (κ3) is 3.28. The summed E-state index contributed by atoms with van der Waals surface area (Å²) in [7, 11) is 3.00. The monoisotopic (exact) mass is 476 g/mol. The summed E-state index contributed by atoms with van der Waals surface area (Å²) >= 11 is 0. The smallest absolute Gasteiger partial charge is 0.331 e. The molecule has 0 fully saturated rings. The minimum atomic E-state index is -0.692. The Morgan fingerprint density at radius 3 is 2.49 bits per heavy atom. The lowest BCUT2D eigenvalue weighted by atomic mass is 9.98. The Hall–Kier alpha value is -4.18. The molecule has 1 aliphatic rings. The molecule has 10 nitrogen and oxygen atoms in total. The van der Waals surface area contributed by atoms with Crippen molar-refractivity contribution in [1.29, 1.82) is 0 Å². The van der Waals surface area contributed by atoms with Gasteiger partial charge in [0.25, 0.3) is 11.2 Å². The summed E-state index contributed by atoms with van der Waals surface area (Å²) in [5.74, 6) is 0.0575. The number of hydrogen-bond donors (Lipinski definition) is 1. The number of ether oxygens (including phenoxy) is 1. The summed E-state index contributed by atoms with van der Waals surface area (Å²) in [5.41, 5.74) is 0.798. The number of aromatic nitrogens is 3. The maximum Gasteiger partial charge on any atom is 0.331 e. The molecule has 0 spiro atoms. The van der Waals surface area contributed by atoms with Crippen LogP contribution in [0.1, 0.15) is 31.2 Å². The van der Waals surface area contributed by atoms with Crippen LogP contribution in [0.15, 0.2) is 58.1 Å². The number of nitrogens with zero attached hydrogens (tertiary/aromatic N) is 4. The Bertz CT molecular complexity index is 1640. The van der Waals surface area contributed by atoms with Crippen molar-refractivity contribution in [3.8, 4) is 17.0 Å². The second-order valence-electron chi connectivity index (χ2n) is 9.40. The molecule has 1 N–H and O–H groups in total. The molecule has 1 aliphatic heterocycles. The van der Waals surface area contributed by atoms with Gasteiger partial charge in [-0.25, -0.2) is 4.79 Å². The van der Waals surface area contributed by atoms with E-state index < -0.39 is 27.8 Å². The normalized spacial score (nSPS) is 16.9. The fourth-order valence-electron chi connectivity index (χ4n) is 4.98. The first-order valence-corrected chi connectivity index (χ1v) is 11.0. The number of aryl methyl sites for hydroxylation is 1. The van der Waals surface area contributed by atoms with E-state index in [2.05, 4.69) is 0 Å². The molecule has 3 heterocycles. The Balaban J connectivity index is 2.01. The number of nitro groups is 1. The summed E-state index contributed by atoms with van der Waals surface area (Å²) in [6.07, 6.45) is -0.692. The number of aromatic hydroxyl groups is 1. The van der Waals surface area contributed by atoms with Gasteiger partial charge in [0.2, 0.25) is 0 Å². The fourth-order valence-corrected chi connectivity index (χ4v) is 4.98. The average Bonchev–Trinajstić information content (AvgIpc) is 3.19. The van der Waals surface area contributed by atoms with E-state index in [1.54, 1.807) is 43.4 Å². The van der Waals surface area contributed by atoms with Gasteiger partial charge in [0.05, 0.1) is 39.4 Å². The molecule has 4 aromatic rings. The lowest BCUT2D eigenvalue weighted by Crippen LogP contribution is -2.40. The van der Waals surface area contributed by atoms with Crippen molar-refractivity contribution in [2.24, 2.45) is 14.1 Å². The molecule has 0 saturated heterocycles. The molecule has 10 heteroatoms. The first kappa shape index (κ1) is 22.6. The zero-order valence-electron chi connectivity index (χ0n) is 19.7. The van der Waals surface area contributed by atoms with Gasteiger partial charge in [-0.05, 0) is 31.5 Å². The minimum Gasteiger partial charge on any atom is -0.508 e. The molecule has 180 valence electrons. The summed E-state index contributed by atoms with van der Waals surface area (Å²) in [6, 6.07) is 12.7. The quantitative estimate of drug-likeness (QED) is 0.358. The Morgan fingerprint density at radius 2 is 1.80 bits per heavy atom. The highest BCUT2D eigenvalue weighted by atomic mass is 16.6. The third-order valence-electron chi connectivity index (χ3n) is 6.57. The van der Waals surface area contributed by atoms with Gasteiger partial charge >= 0.3 is 5.69 Å². The van der Waals surface area contributed by atoms with Gasteiger partial charge in [0.1, 0.15) is 11.9 Å². The van der Waals surface area contributed by atoms with Crippen molar-refractivity contribution in [2.45, 2.75) is 25.5 Å². The van der Waals surface area contributed by atoms with E-state index in [1.165, 1.54) is 23.7 Å². The van der Waals surface area contributed by atoms with E-state index in [4.69, 9.17) is 4.74 Å². The van der Waals surface area contributed by atoms with Crippen LogP contribution in [0.2, 0.25) is 0 Å². The maximum atomic E-state index is 13.6. The number of phenolic OH excluding ortho intramolecular Hbond substituents is 1. The predicted molar refractivity (Wildman–Crippen MR) is 130 cm³/mol. The van der Waals surface area contributed by atoms with E-state index >= 15 is 0 Å². The van der Waals surface area contributed by atoms with Gasteiger partial charge in [0, 0.05) is 31.8 Å². The SMILES string of the molecule is Cn1c(=O)c2c(-c3cccc([N+](=O)[O-])c3)n3c(c2n(C)c1=O)[C@@H](c1cccc(O)c1)OCC3(C)C. The van der Waals surface area contributed by atoms with Crippen molar-refractivity contribution in [3.63, 3.8) is 0 Å². The molecule has 0 radical (unpaired) electrons. The van der Waals surface area contributed by atoms with Gasteiger partial charge in [0.15, 0.2) is 0 Å². The number of nitro benzene ring substituents is 1. The lowest BCUT2D eigenvalue weighted by Gasteiger charge is -2.39. The zero-order valence-corrected chi connectivity index (χ0v) is 19.7. The van der Waals surface area contributed by atoms with E-state index in [9.17, 15) is 24.8 Å². The number of non-ortho nitro benzene ring substituents is 1. The number of phenols is 1. The molecule has 2 aromatic carbocycles. The van der Waals surface area contributed by atoms with Crippen molar-refractivity contribution in [3.05, 3.63) is 90.7 Å². The molecule has 2 aromatic heterocycles. The molecule has 0 amide bonds. The molecule has 0 saturated carbocycles. The van der Waals surface area contributed by atoms with Gasteiger partial charge in [-0.2, -0.15) is 0 Å². The summed E-state index contributed by atoms with van der Waals surface area (Å²) in [4.78, 5) is 37.6. The van der Waals surface area contributed by atoms with Crippen molar-refractivity contribution in [2.75, 3.05) is 6.61 Å². The Morgan fingerprint density at radius 1 is 1.09 bits per heavy atom. The van der Waals surface area contributed by atoms with E-state index in [0.717, 1.165) is 4.57 Å². The highest BCUT2D eigenvalue weighted by molar-refractivity contribution is 5.97. The fraction of sp³-hybridized carbons (Fsp3) is 0.280. The van der Waals surface area contributed by atoms with Crippen LogP contribution in [0.4, 0.5) is 5.69 Å². The first-order chi connectivity index (χ1) is 16.5. The number of hydrogen-bond acceptors (Lipinski definition) is 6. The summed E-state index contributed by atoms with van der Waals surface area (Å²) < 4.78 is 10.7. The molecule has 0 aliphatic carbocycles. The molecule has 1 atom stereocenters. The van der Waals surface area contributed by atoms with Crippen LogP contribution in [0.3, 0.4) is 0 Å². The zero-order chi connectivity index (χ0) is 25.2. The molecule has 5 rings (SSSR count). The van der Waals surface area contributed by atoms with E-state index in [0.29, 0.717) is 28.0 Å². The predicted octanol–water partition coefficient (Wildman–Crippen LogP) is 3.17. The minimum absolute atomic E-state index is 0.0575. The topological polar surface area (TPSA) is 122 Å². The van der Waals surface area contributed by atoms with E-state index in [1.807, 2.05) is 18.4 Å². The second-order valence-corrected chi connectivity index (χ2v) is 9.40. The van der Waals surface area contributed by atoms with Crippen LogP contribution in [0.5, 0.6) is 5.75 Å². The molecular formula is C25H24N4O6. The Labute approximate surface area is 199 Å². The standard InChI is InChI=1S/C25H24N4O6/c1-25(2)13-35-22(15-8-6-10-17(30)12-15)21-20-18(23(31)27(4)24(32)26(20)3)19(28(21)25)14-7-5-9-16(11-14)29(33)34/h5-12,22,30H,13H2,1-4H3/t22-/m1/s1. The second kappa shape index (κ2) is 7.67. The van der Waals surface area contributed by atoms with Crippen LogP contribution in [-0.4, -0.2) is 30.3 Å². The van der Waals surface area contributed by atoms with Crippen LogP contribution >= 0.6 is 0 Å². The van der Waals surface area contributed by atoms with Gasteiger partial charge in [-0.3, -0.25) is 24.0 Å². The van der Waals surface area contributed by atoms with Crippen LogP contribution in [0.25, 0.3) is 22.2 Å². The van der Waals surface area contributed by atoms with Crippen LogP contribution in [-0.2, 0) is 24.4 Å². The van der Waals surface area contributed by atoms with Gasteiger partial charge in [-0.1, -0.05) is 24.3 Å². The summed E-state index contributed by atoms with van der Waals surface area (Å²) in [6.45, 7) is 4.15. The average molecular weight is 476 g/mol. The third-order valence-corrected chi connectivity index (χ3v) is 6.57. The maximum absolute atomic E-state index is 13.6. The number of fused-ring (bicyclic) bond motifs is 3.